The first-order valence-corrected chi connectivity index (χ1v) is 6.54. The van der Waals surface area contributed by atoms with Gasteiger partial charge in [-0.25, -0.2) is 4.79 Å². The van der Waals surface area contributed by atoms with Gasteiger partial charge in [-0.05, 0) is 30.9 Å². The fraction of sp³-hybridized carbons (Fsp3) is 0.467. The van der Waals surface area contributed by atoms with Crippen molar-refractivity contribution in [3.05, 3.63) is 34.4 Å². The number of aryl methyl sites for hydroxylation is 2. The Balaban J connectivity index is 3.22. The predicted octanol–water partition coefficient (Wildman–Crippen LogP) is 1.75. The average Bonchev–Trinajstić information content (AvgIpc) is 2.37. The summed E-state index contributed by atoms with van der Waals surface area (Å²) in [7, 11) is 0. The van der Waals surface area contributed by atoms with Crippen LogP contribution in [0.15, 0.2) is 12.1 Å². The van der Waals surface area contributed by atoms with Crippen molar-refractivity contribution >= 4 is 11.9 Å². The number of aliphatic hydroxyl groups is 1. The first-order valence-electron chi connectivity index (χ1n) is 6.54. The largest absolute Gasteiger partial charge is 0.478 e. The summed E-state index contributed by atoms with van der Waals surface area (Å²) in [5.74, 6) is -1.53. The fourth-order valence-corrected chi connectivity index (χ4v) is 2.04. The molecule has 0 saturated carbocycles. The van der Waals surface area contributed by atoms with Crippen LogP contribution in [-0.2, 0) is 0 Å². The summed E-state index contributed by atoms with van der Waals surface area (Å²) >= 11 is 0. The molecule has 0 saturated heterocycles. The molecule has 0 bridgehead atoms. The molecule has 20 heavy (non-hydrogen) atoms. The van der Waals surface area contributed by atoms with Crippen molar-refractivity contribution in [3.8, 4) is 0 Å². The Morgan fingerprint density at radius 3 is 2.05 bits per heavy atom. The quantitative estimate of drug-likeness (QED) is 0.766. The fourth-order valence-electron chi connectivity index (χ4n) is 2.04. The average molecular weight is 279 g/mol. The van der Waals surface area contributed by atoms with E-state index in [-0.39, 0.29) is 23.7 Å². The number of hydrogen-bond donors (Lipinski definition) is 3. The molecule has 1 amide bonds. The summed E-state index contributed by atoms with van der Waals surface area (Å²) in [6.07, 6.45) is 0. The molecule has 0 aromatic heterocycles. The van der Waals surface area contributed by atoms with E-state index in [1.165, 1.54) is 0 Å². The Kier molecular flexibility index (Phi) is 5.27. The van der Waals surface area contributed by atoms with Crippen LogP contribution in [0.3, 0.4) is 0 Å². The highest BCUT2D eigenvalue weighted by Gasteiger charge is 2.24. The van der Waals surface area contributed by atoms with Crippen LogP contribution < -0.4 is 5.32 Å². The van der Waals surface area contributed by atoms with Gasteiger partial charge < -0.3 is 15.5 Å². The van der Waals surface area contributed by atoms with Crippen LogP contribution in [0, 0.1) is 19.8 Å². The van der Waals surface area contributed by atoms with Crippen LogP contribution in [0.25, 0.3) is 0 Å². The van der Waals surface area contributed by atoms with Crippen molar-refractivity contribution in [2.24, 2.45) is 5.92 Å². The van der Waals surface area contributed by atoms with Crippen molar-refractivity contribution in [2.45, 2.75) is 33.7 Å². The summed E-state index contributed by atoms with van der Waals surface area (Å²) in [4.78, 5) is 23.7. The lowest BCUT2D eigenvalue weighted by molar-refractivity contribution is 0.0688. The van der Waals surface area contributed by atoms with Crippen LogP contribution in [0.4, 0.5) is 0 Å². The Morgan fingerprint density at radius 1 is 1.15 bits per heavy atom. The van der Waals surface area contributed by atoms with Crippen LogP contribution >= 0.6 is 0 Å². The van der Waals surface area contributed by atoms with Crippen LogP contribution in [-0.4, -0.2) is 34.7 Å². The maximum Gasteiger partial charge on any atom is 0.336 e. The number of hydrogen-bond acceptors (Lipinski definition) is 3. The molecule has 0 radical (unpaired) electrons. The van der Waals surface area contributed by atoms with E-state index >= 15 is 0 Å². The zero-order chi connectivity index (χ0) is 15.4. The molecule has 1 rings (SSSR count). The molecule has 110 valence electrons. The molecule has 1 atom stereocenters. The van der Waals surface area contributed by atoms with Gasteiger partial charge in [0.15, 0.2) is 0 Å². The van der Waals surface area contributed by atoms with Crippen molar-refractivity contribution < 1.29 is 19.8 Å². The predicted molar refractivity (Wildman–Crippen MR) is 76.1 cm³/mol. The van der Waals surface area contributed by atoms with E-state index < -0.39 is 17.9 Å². The third-order valence-corrected chi connectivity index (χ3v) is 3.38. The van der Waals surface area contributed by atoms with Gasteiger partial charge in [-0.15, -0.1) is 0 Å². The highest BCUT2D eigenvalue weighted by molar-refractivity contribution is 6.06. The first kappa shape index (κ1) is 16.2. The summed E-state index contributed by atoms with van der Waals surface area (Å²) in [5.41, 5.74) is 1.32. The Bertz CT molecular complexity index is 523. The van der Waals surface area contributed by atoms with Gasteiger partial charge in [0, 0.05) is 0 Å². The minimum absolute atomic E-state index is 0.0166. The normalized spacial score (nSPS) is 12.3. The smallest absolute Gasteiger partial charge is 0.336 e. The van der Waals surface area contributed by atoms with Gasteiger partial charge in [0.25, 0.3) is 5.91 Å². The number of rotatable bonds is 5. The lowest BCUT2D eigenvalue weighted by atomic mass is 9.95. The number of benzene rings is 1. The highest BCUT2D eigenvalue weighted by atomic mass is 16.4. The van der Waals surface area contributed by atoms with Gasteiger partial charge in [-0.1, -0.05) is 26.0 Å². The van der Waals surface area contributed by atoms with Gasteiger partial charge in [-0.3, -0.25) is 4.79 Å². The molecule has 5 nitrogen and oxygen atoms in total. The number of carbonyl (C=O) groups excluding carboxylic acids is 1. The monoisotopic (exact) mass is 279 g/mol. The number of nitrogens with one attached hydrogen (secondary N) is 1. The van der Waals surface area contributed by atoms with Crippen molar-refractivity contribution in [1.29, 1.82) is 0 Å². The zero-order valence-electron chi connectivity index (χ0n) is 12.2. The van der Waals surface area contributed by atoms with E-state index in [0.29, 0.717) is 11.1 Å². The SMILES string of the molecule is Cc1ccc(C)c(C(=O)N[C@H](CO)C(C)C)c1C(=O)O. The Hall–Kier alpha value is -1.88. The lowest BCUT2D eigenvalue weighted by Crippen LogP contribution is -2.42. The minimum Gasteiger partial charge on any atom is -0.478 e. The van der Waals surface area contributed by atoms with Crippen LogP contribution in [0.2, 0.25) is 0 Å². The van der Waals surface area contributed by atoms with E-state index in [0.717, 1.165) is 0 Å². The number of amides is 1. The Morgan fingerprint density at radius 2 is 1.65 bits per heavy atom. The molecule has 1 aromatic rings. The van der Waals surface area contributed by atoms with Gasteiger partial charge in [-0.2, -0.15) is 0 Å². The molecule has 0 unspecified atom stereocenters. The van der Waals surface area contributed by atoms with Gasteiger partial charge in [0.1, 0.15) is 0 Å². The third-order valence-electron chi connectivity index (χ3n) is 3.38. The molecule has 3 N–H and O–H groups in total. The topological polar surface area (TPSA) is 86.6 Å². The molecular formula is C15H21NO4. The third kappa shape index (κ3) is 3.36. The Labute approximate surface area is 118 Å². The zero-order valence-corrected chi connectivity index (χ0v) is 12.2. The lowest BCUT2D eigenvalue weighted by Gasteiger charge is -2.21. The van der Waals surface area contributed by atoms with Gasteiger partial charge in [0.2, 0.25) is 0 Å². The van der Waals surface area contributed by atoms with Gasteiger partial charge >= 0.3 is 5.97 Å². The van der Waals surface area contributed by atoms with E-state index in [9.17, 15) is 19.8 Å². The van der Waals surface area contributed by atoms with E-state index in [1.54, 1.807) is 26.0 Å². The standard InChI is InChI=1S/C15H21NO4/c1-8(2)11(7-17)16-14(18)12-9(3)5-6-10(4)13(12)15(19)20/h5-6,8,11,17H,7H2,1-4H3,(H,16,18)(H,19,20)/t11-/m1/s1. The van der Waals surface area contributed by atoms with E-state index in [2.05, 4.69) is 5.32 Å². The minimum atomic E-state index is -1.12. The molecule has 0 aliphatic heterocycles. The molecule has 0 heterocycles. The van der Waals surface area contributed by atoms with Crippen molar-refractivity contribution in [3.63, 3.8) is 0 Å². The van der Waals surface area contributed by atoms with Crippen molar-refractivity contribution in [2.75, 3.05) is 6.61 Å². The second kappa shape index (κ2) is 6.52. The first-order chi connectivity index (χ1) is 9.29. The summed E-state index contributed by atoms with van der Waals surface area (Å²) in [6.45, 7) is 6.93. The number of aromatic carboxylic acids is 1. The van der Waals surface area contributed by atoms with Gasteiger partial charge in [0.05, 0.1) is 23.8 Å². The van der Waals surface area contributed by atoms with Crippen molar-refractivity contribution in [1.82, 2.24) is 5.32 Å². The second-order valence-electron chi connectivity index (χ2n) is 5.26. The number of carboxylic acids is 1. The molecule has 0 spiro atoms. The van der Waals surface area contributed by atoms with E-state index in [4.69, 9.17) is 0 Å². The molecule has 5 heteroatoms. The maximum absolute atomic E-state index is 12.3. The molecule has 1 aromatic carbocycles. The molecule has 0 aliphatic rings. The summed E-state index contributed by atoms with van der Waals surface area (Å²) < 4.78 is 0. The maximum atomic E-state index is 12.3. The molecular weight excluding hydrogens is 258 g/mol. The van der Waals surface area contributed by atoms with E-state index in [1.807, 2.05) is 13.8 Å². The highest BCUT2D eigenvalue weighted by Crippen LogP contribution is 2.19. The number of carbonyl (C=O) groups is 2. The van der Waals surface area contributed by atoms with Crippen LogP contribution in [0.1, 0.15) is 45.7 Å². The summed E-state index contributed by atoms with van der Waals surface area (Å²) in [6, 6.07) is 3.01. The number of carboxylic acid groups (broad SMARTS) is 1. The molecule has 0 aliphatic carbocycles. The molecule has 0 fully saturated rings. The second-order valence-corrected chi connectivity index (χ2v) is 5.26. The summed E-state index contributed by atoms with van der Waals surface area (Å²) in [5, 5.41) is 21.2. The number of aliphatic hydroxyl groups excluding tert-OH is 1. The van der Waals surface area contributed by atoms with Crippen LogP contribution in [0.5, 0.6) is 0 Å².